The number of halogens is 2. The van der Waals surface area contributed by atoms with Crippen LogP contribution in [0.3, 0.4) is 0 Å². The van der Waals surface area contributed by atoms with Gasteiger partial charge in [0.05, 0.1) is 12.7 Å². The molecular formula is C8H13F2N3O2S. The predicted octanol–water partition coefficient (Wildman–Crippen LogP) is 0.858. The number of hydrogen-bond donors (Lipinski definition) is 1. The maximum absolute atomic E-state index is 12.1. The van der Waals surface area contributed by atoms with Crippen molar-refractivity contribution in [2.24, 2.45) is 0 Å². The van der Waals surface area contributed by atoms with Gasteiger partial charge in [0.2, 0.25) is 0 Å². The van der Waals surface area contributed by atoms with Crippen molar-refractivity contribution in [1.29, 1.82) is 0 Å². The van der Waals surface area contributed by atoms with Gasteiger partial charge in [-0.15, -0.1) is 0 Å². The Hall–Kier alpha value is -1.02. The Balaban J connectivity index is 2.92. The Labute approximate surface area is 92.5 Å². The lowest BCUT2D eigenvalue weighted by Crippen LogP contribution is -2.31. The largest absolute Gasteiger partial charge is 0.332 e. The van der Waals surface area contributed by atoms with E-state index in [0.717, 1.165) is 13.2 Å². The number of alkyl halides is 2. The molecule has 0 aliphatic heterocycles. The molecule has 0 unspecified atom stereocenters. The summed E-state index contributed by atoms with van der Waals surface area (Å²) in [6.45, 7) is 0.973. The number of rotatable bonds is 5. The molecule has 0 aliphatic carbocycles. The minimum Gasteiger partial charge on any atom is -0.332 e. The molecule has 5 nitrogen and oxygen atoms in total. The van der Waals surface area contributed by atoms with E-state index in [1.807, 2.05) is 0 Å². The number of nitrogens with zero attached hydrogens (tertiary/aromatic N) is 2. The molecule has 1 N–H and O–H groups in total. The number of H-pyrrole nitrogens is 1. The fourth-order valence-electron chi connectivity index (χ4n) is 1.11. The normalized spacial score (nSPS) is 12.6. The van der Waals surface area contributed by atoms with Gasteiger partial charge in [0.15, 0.2) is 5.03 Å². The Kier molecular flexibility index (Phi) is 3.98. The molecular weight excluding hydrogens is 240 g/mol. The summed E-state index contributed by atoms with van der Waals surface area (Å²) in [5.74, 6) is 0.504. The van der Waals surface area contributed by atoms with Gasteiger partial charge in [-0.05, 0) is 0 Å². The fraction of sp³-hybridized carbons (Fsp3) is 0.625. The van der Waals surface area contributed by atoms with Crippen molar-refractivity contribution in [3.63, 3.8) is 0 Å². The number of sulfonamides is 1. The maximum Gasteiger partial charge on any atom is 0.260 e. The minimum absolute atomic E-state index is 0.160. The first-order chi connectivity index (χ1) is 7.37. The summed E-state index contributed by atoms with van der Waals surface area (Å²) >= 11 is 0. The van der Waals surface area contributed by atoms with Crippen LogP contribution in [0.2, 0.25) is 0 Å². The van der Waals surface area contributed by atoms with Crippen LogP contribution < -0.4 is 0 Å². The molecule has 92 valence electrons. The van der Waals surface area contributed by atoms with Gasteiger partial charge >= 0.3 is 0 Å². The SMILES string of the molecule is CCc1ncc(S(=O)(=O)N(C)CC(F)F)[nH]1. The van der Waals surface area contributed by atoms with Gasteiger partial charge < -0.3 is 4.98 Å². The Morgan fingerprint density at radius 3 is 2.62 bits per heavy atom. The summed E-state index contributed by atoms with van der Waals surface area (Å²) in [5, 5.41) is -0.160. The van der Waals surface area contributed by atoms with Crippen LogP contribution in [0.4, 0.5) is 8.78 Å². The van der Waals surface area contributed by atoms with Crippen LogP contribution in [0.1, 0.15) is 12.7 Å². The van der Waals surface area contributed by atoms with Crippen LogP contribution in [0.25, 0.3) is 0 Å². The van der Waals surface area contributed by atoms with E-state index in [0.29, 0.717) is 16.6 Å². The average molecular weight is 253 g/mol. The minimum atomic E-state index is -3.89. The second-order valence-electron chi connectivity index (χ2n) is 3.22. The van der Waals surface area contributed by atoms with E-state index in [1.165, 1.54) is 0 Å². The van der Waals surface area contributed by atoms with Gasteiger partial charge in [-0.25, -0.2) is 22.2 Å². The van der Waals surface area contributed by atoms with E-state index in [-0.39, 0.29) is 5.03 Å². The number of aryl methyl sites for hydroxylation is 1. The van der Waals surface area contributed by atoms with Crippen molar-refractivity contribution in [3.8, 4) is 0 Å². The third-order valence-corrected chi connectivity index (χ3v) is 3.76. The van der Waals surface area contributed by atoms with Crippen LogP contribution in [0.15, 0.2) is 11.2 Å². The molecule has 0 bridgehead atoms. The van der Waals surface area contributed by atoms with Gasteiger partial charge in [0, 0.05) is 13.5 Å². The highest BCUT2D eigenvalue weighted by atomic mass is 32.2. The van der Waals surface area contributed by atoms with Gasteiger partial charge in [-0.3, -0.25) is 0 Å². The molecule has 0 saturated carbocycles. The Morgan fingerprint density at radius 1 is 1.56 bits per heavy atom. The van der Waals surface area contributed by atoms with Gasteiger partial charge in [-0.1, -0.05) is 6.92 Å². The third kappa shape index (κ3) is 2.76. The highest BCUT2D eigenvalue weighted by Gasteiger charge is 2.25. The van der Waals surface area contributed by atoms with E-state index < -0.39 is 23.0 Å². The molecule has 0 spiro atoms. The zero-order valence-electron chi connectivity index (χ0n) is 8.94. The lowest BCUT2D eigenvalue weighted by Gasteiger charge is -2.14. The lowest BCUT2D eigenvalue weighted by atomic mass is 10.5. The molecule has 0 aliphatic rings. The first kappa shape index (κ1) is 13.0. The third-order valence-electron chi connectivity index (χ3n) is 2.02. The topological polar surface area (TPSA) is 66.1 Å². The van der Waals surface area contributed by atoms with Crippen LogP contribution in [-0.4, -0.2) is 42.7 Å². The number of imidazole rings is 1. The molecule has 1 rings (SSSR count). The second kappa shape index (κ2) is 4.88. The molecule has 8 heteroatoms. The van der Waals surface area contributed by atoms with Crippen molar-refractivity contribution in [3.05, 3.63) is 12.0 Å². The quantitative estimate of drug-likeness (QED) is 0.846. The molecule has 0 fully saturated rings. The summed E-state index contributed by atoms with van der Waals surface area (Å²) in [6, 6.07) is 0. The Bertz CT molecular complexity index is 444. The van der Waals surface area contributed by atoms with Crippen LogP contribution in [0.5, 0.6) is 0 Å². The molecule has 1 aromatic rings. The standard InChI is InChI=1S/C8H13F2N3O2S/c1-3-7-11-4-8(12-7)16(14,15)13(2)5-6(9)10/h4,6H,3,5H2,1-2H3,(H,11,12). The smallest absolute Gasteiger partial charge is 0.260 e. The van der Waals surface area contributed by atoms with Crippen LogP contribution >= 0.6 is 0 Å². The van der Waals surface area contributed by atoms with Gasteiger partial charge in [0.1, 0.15) is 5.82 Å². The van der Waals surface area contributed by atoms with E-state index in [4.69, 9.17) is 0 Å². The zero-order chi connectivity index (χ0) is 12.3. The zero-order valence-corrected chi connectivity index (χ0v) is 9.76. The van der Waals surface area contributed by atoms with Crippen LogP contribution in [-0.2, 0) is 16.4 Å². The number of nitrogens with one attached hydrogen (secondary N) is 1. The molecule has 0 amide bonds. The number of hydrogen-bond acceptors (Lipinski definition) is 3. The first-order valence-corrected chi connectivity index (χ1v) is 6.10. The maximum atomic E-state index is 12.1. The highest BCUT2D eigenvalue weighted by molar-refractivity contribution is 7.89. The molecule has 0 atom stereocenters. The molecule has 16 heavy (non-hydrogen) atoms. The number of aromatic nitrogens is 2. The fourth-order valence-corrected chi connectivity index (χ4v) is 2.19. The van der Waals surface area contributed by atoms with Crippen molar-refractivity contribution >= 4 is 10.0 Å². The molecule has 1 heterocycles. The molecule has 0 radical (unpaired) electrons. The van der Waals surface area contributed by atoms with Gasteiger partial charge in [0.25, 0.3) is 16.4 Å². The van der Waals surface area contributed by atoms with Crippen molar-refractivity contribution in [2.45, 2.75) is 24.8 Å². The van der Waals surface area contributed by atoms with Crippen molar-refractivity contribution in [2.75, 3.05) is 13.6 Å². The number of aromatic amines is 1. The molecule has 0 aromatic carbocycles. The highest BCUT2D eigenvalue weighted by Crippen LogP contribution is 2.13. The molecule has 1 aromatic heterocycles. The Morgan fingerprint density at radius 2 is 2.19 bits per heavy atom. The van der Waals surface area contributed by atoms with E-state index in [1.54, 1.807) is 6.92 Å². The van der Waals surface area contributed by atoms with Crippen molar-refractivity contribution in [1.82, 2.24) is 14.3 Å². The van der Waals surface area contributed by atoms with Crippen LogP contribution in [0, 0.1) is 0 Å². The summed E-state index contributed by atoms with van der Waals surface area (Å²) in [4.78, 5) is 6.39. The summed E-state index contributed by atoms with van der Waals surface area (Å²) in [6.07, 6.45) is -1.02. The lowest BCUT2D eigenvalue weighted by molar-refractivity contribution is 0.126. The van der Waals surface area contributed by atoms with E-state index in [9.17, 15) is 17.2 Å². The predicted molar refractivity (Wildman–Crippen MR) is 53.8 cm³/mol. The van der Waals surface area contributed by atoms with Gasteiger partial charge in [-0.2, -0.15) is 4.31 Å². The second-order valence-corrected chi connectivity index (χ2v) is 5.24. The average Bonchev–Trinajstić information content (AvgIpc) is 2.65. The first-order valence-electron chi connectivity index (χ1n) is 4.66. The monoisotopic (exact) mass is 253 g/mol. The summed E-state index contributed by atoms with van der Waals surface area (Å²) in [7, 11) is -2.78. The van der Waals surface area contributed by atoms with E-state index in [2.05, 4.69) is 9.97 Å². The summed E-state index contributed by atoms with van der Waals surface area (Å²) in [5.41, 5.74) is 0. The molecule has 0 saturated heterocycles. The van der Waals surface area contributed by atoms with Crippen molar-refractivity contribution < 1.29 is 17.2 Å². The van der Waals surface area contributed by atoms with E-state index >= 15 is 0 Å². The summed E-state index contributed by atoms with van der Waals surface area (Å²) < 4.78 is 48.2.